The van der Waals surface area contributed by atoms with Gasteiger partial charge in [0.15, 0.2) is 17.5 Å². The molecule has 0 aliphatic heterocycles. The Morgan fingerprint density at radius 2 is 0.848 bits per heavy atom. The Labute approximate surface area is 384 Å². The average molecular weight is 859 g/mol. The Bertz CT molecular complexity index is 3790. The summed E-state index contributed by atoms with van der Waals surface area (Å²) in [5, 5.41) is 25.0. The fourth-order valence-electron chi connectivity index (χ4n) is 9.26. The molecule has 0 unspecified atom stereocenters. The number of thiophene rings is 1. The molecule has 12 rings (SSSR count). The highest BCUT2D eigenvalue weighted by Crippen LogP contribution is 2.44. The fourth-order valence-corrected chi connectivity index (χ4v) is 10.5. The van der Waals surface area contributed by atoms with Gasteiger partial charge in [0.2, 0.25) is 0 Å². The van der Waals surface area contributed by atoms with Gasteiger partial charge < -0.3 is 4.57 Å². The van der Waals surface area contributed by atoms with Crippen LogP contribution in [0.4, 0.5) is 0 Å². The van der Waals surface area contributed by atoms with Gasteiger partial charge in [-0.3, -0.25) is 0 Å². The minimum atomic E-state index is 0.523. The molecule has 0 fully saturated rings. The summed E-state index contributed by atoms with van der Waals surface area (Å²) in [5.74, 6) is 1.65. The van der Waals surface area contributed by atoms with Gasteiger partial charge in [0.1, 0.15) is 0 Å². The van der Waals surface area contributed by atoms with Gasteiger partial charge in [0, 0.05) is 47.6 Å². The van der Waals surface area contributed by atoms with Gasteiger partial charge >= 0.3 is 0 Å². The van der Waals surface area contributed by atoms with E-state index >= 15 is 0 Å². The zero-order chi connectivity index (χ0) is 44.1. The zero-order valence-electron chi connectivity index (χ0n) is 35.2. The van der Waals surface area contributed by atoms with Crippen molar-refractivity contribution in [3.63, 3.8) is 0 Å². The first kappa shape index (κ1) is 38.6. The minimum Gasteiger partial charge on any atom is -0.308 e. The van der Waals surface area contributed by atoms with Crippen molar-refractivity contribution in [2.75, 3.05) is 0 Å². The molecule has 9 aromatic carbocycles. The molecule has 0 bridgehead atoms. The first-order valence-corrected chi connectivity index (χ1v) is 22.4. The van der Waals surface area contributed by atoms with Crippen LogP contribution in [0.1, 0.15) is 11.1 Å². The summed E-state index contributed by atoms with van der Waals surface area (Å²) < 4.78 is 4.75. The SMILES string of the molecule is N#Cc1ccccc1-c1ccc2c3ccc(-c4ccccc4C#N)cc3n(-c3ccc(-c4cccc5c4sc4ccccc45)cc3-c3nc(-c4ccccc4)nc(-c4ccccc4)n3)c2c1. The van der Waals surface area contributed by atoms with Gasteiger partial charge in [0.05, 0.1) is 40.0 Å². The van der Waals surface area contributed by atoms with Crippen LogP contribution in [0.5, 0.6) is 0 Å². The van der Waals surface area contributed by atoms with Crippen molar-refractivity contribution < 1.29 is 0 Å². The summed E-state index contributed by atoms with van der Waals surface area (Å²) in [5.41, 5.74) is 12.2. The molecular weight excluding hydrogens is 825 g/mol. The van der Waals surface area contributed by atoms with E-state index < -0.39 is 0 Å². The number of fused-ring (bicyclic) bond motifs is 6. The zero-order valence-corrected chi connectivity index (χ0v) is 36.0. The van der Waals surface area contributed by atoms with Crippen molar-refractivity contribution in [1.29, 1.82) is 10.5 Å². The first-order valence-electron chi connectivity index (χ1n) is 21.6. The lowest BCUT2D eigenvalue weighted by Crippen LogP contribution is -2.04. The summed E-state index contributed by atoms with van der Waals surface area (Å²) in [6.07, 6.45) is 0. The van der Waals surface area contributed by atoms with Crippen LogP contribution in [-0.2, 0) is 0 Å². The largest absolute Gasteiger partial charge is 0.308 e. The smallest absolute Gasteiger partial charge is 0.166 e. The Kier molecular flexibility index (Phi) is 9.35. The Morgan fingerprint density at radius 3 is 1.45 bits per heavy atom. The average Bonchev–Trinajstić information content (AvgIpc) is 3.94. The maximum Gasteiger partial charge on any atom is 0.166 e. The van der Waals surface area contributed by atoms with Gasteiger partial charge in [-0.1, -0.05) is 164 Å². The third kappa shape index (κ3) is 6.50. The second-order valence-corrected chi connectivity index (χ2v) is 17.2. The van der Waals surface area contributed by atoms with E-state index in [9.17, 15) is 10.5 Å². The highest BCUT2D eigenvalue weighted by atomic mass is 32.1. The van der Waals surface area contributed by atoms with Crippen molar-refractivity contribution in [3.05, 3.63) is 217 Å². The van der Waals surface area contributed by atoms with E-state index in [1.54, 1.807) is 11.3 Å². The van der Waals surface area contributed by atoms with Crippen LogP contribution < -0.4 is 0 Å². The number of hydrogen-bond donors (Lipinski definition) is 0. The van der Waals surface area contributed by atoms with Crippen molar-refractivity contribution in [2.24, 2.45) is 0 Å². The lowest BCUT2D eigenvalue weighted by atomic mass is 9.98. The fraction of sp³-hybridized carbons (Fsp3) is 0. The molecule has 66 heavy (non-hydrogen) atoms. The van der Waals surface area contributed by atoms with E-state index in [-0.39, 0.29) is 0 Å². The summed E-state index contributed by atoms with van der Waals surface area (Å²) in [6, 6.07) is 75.0. The Hall–Kier alpha value is -9.01. The molecule has 0 N–H and O–H groups in total. The molecule has 0 atom stereocenters. The lowest BCUT2D eigenvalue weighted by molar-refractivity contribution is 1.06. The number of benzene rings is 9. The van der Waals surface area contributed by atoms with E-state index in [0.717, 1.165) is 77.6 Å². The predicted octanol–water partition coefficient (Wildman–Crippen LogP) is 15.1. The molecule has 306 valence electrons. The van der Waals surface area contributed by atoms with E-state index in [2.05, 4.69) is 114 Å². The van der Waals surface area contributed by atoms with Crippen LogP contribution in [0.2, 0.25) is 0 Å². The molecule has 3 heterocycles. The first-order chi connectivity index (χ1) is 32.6. The second-order valence-electron chi connectivity index (χ2n) is 16.2. The van der Waals surface area contributed by atoms with Gasteiger partial charge in [-0.15, -0.1) is 11.3 Å². The lowest BCUT2D eigenvalue weighted by Gasteiger charge is -2.17. The van der Waals surface area contributed by atoms with E-state index in [1.165, 1.54) is 20.2 Å². The highest BCUT2D eigenvalue weighted by molar-refractivity contribution is 7.26. The summed E-state index contributed by atoms with van der Waals surface area (Å²) in [6.45, 7) is 0. The Morgan fingerprint density at radius 1 is 0.364 bits per heavy atom. The van der Waals surface area contributed by atoms with Crippen LogP contribution in [0.3, 0.4) is 0 Å². The molecule has 3 aromatic heterocycles. The third-order valence-corrected chi connectivity index (χ3v) is 13.6. The van der Waals surface area contributed by atoms with Crippen molar-refractivity contribution in [3.8, 4) is 85.4 Å². The Balaban J connectivity index is 1.20. The van der Waals surface area contributed by atoms with Crippen LogP contribution in [0.25, 0.3) is 115 Å². The standard InChI is InChI=1S/C59H34N6S/c60-35-42-18-7-9-20-44(42)40-26-29-47-48-30-27-41(45-21-10-8-19-43(45)36-61)34-54(48)65(53(47)33-40)52-31-28-39(46-23-13-24-50-49-22-11-12-25-55(49)66-56(46)50)32-51(52)59-63-57(37-14-3-1-4-15-37)62-58(64-59)38-16-5-2-6-17-38/h1-34H. The summed E-state index contributed by atoms with van der Waals surface area (Å²) >= 11 is 1.80. The maximum absolute atomic E-state index is 10.2. The topological polar surface area (TPSA) is 91.2 Å². The van der Waals surface area contributed by atoms with E-state index in [0.29, 0.717) is 28.6 Å². The van der Waals surface area contributed by atoms with Crippen molar-refractivity contribution >= 4 is 53.3 Å². The second kappa shape index (κ2) is 16.0. The van der Waals surface area contributed by atoms with Gasteiger partial charge in [0.25, 0.3) is 0 Å². The van der Waals surface area contributed by atoms with Crippen LogP contribution in [0.15, 0.2) is 206 Å². The number of nitriles is 2. The molecule has 6 nitrogen and oxygen atoms in total. The number of nitrogens with zero attached hydrogens (tertiary/aromatic N) is 6. The predicted molar refractivity (Wildman–Crippen MR) is 269 cm³/mol. The molecule has 0 saturated carbocycles. The number of hydrogen-bond acceptors (Lipinski definition) is 6. The molecule has 0 aliphatic carbocycles. The quantitative estimate of drug-likeness (QED) is 0.159. The monoisotopic (exact) mass is 858 g/mol. The molecule has 0 aliphatic rings. The normalized spacial score (nSPS) is 11.3. The molecule has 0 saturated heterocycles. The van der Waals surface area contributed by atoms with Crippen LogP contribution in [-0.4, -0.2) is 19.5 Å². The minimum absolute atomic E-state index is 0.523. The van der Waals surface area contributed by atoms with Crippen molar-refractivity contribution in [1.82, 2.24) is 19.5 Å². The highest BCUT2D eigenvalue weighted by Gasteiger charge is 2.23. The molecule has 7 heteroatoms. The van der Waals surface area contributed by atoms with Crippen molar-refractivity contribution in [2.45, 2.75) is 0 Å². The molecule has 12 aromatic rings. The van der Waals surface area contributed by atoms with E-state index in [1.807, 2.05) is 109 Å². The summed E-state index contributed by atoms with van der Waals surface area (Å²) in [4.78, 5) is 15.7. The van der Waals surface area contributed by atoms with Crippen LogP contribution in [0, 0.1) is 22.7 Å². The maximum atomic E-state index is 10.2. The van der Waals surface area contributed by atoms with Gasteiger partial charge in [-0.25, -0.2) is 15.0 Å². The third-order valence-electron chi connectivity index (χ3n) is 12.4. The molecule has 0 spiro atoms. The summed E-state index contributed by atoms with van der Waals surface area (Å²) in [7, 11) is 0. The van der Waals surface area contributed by atoms with E-state index in [4.69, 9.17) is 15.0 Å². The molecule has 0 amide bonds. The van der Waals surface area contributed by atoms with Gasteiger partial charge in [-0.2, -0.15) is 10.5 Å². The molecular formula is C59H34N6S. The number of rotatable bonds is 7. The van der Waals surface area contributed by atoms with Gasteiger partial charge in [-0.05, 0) is 75.8 Å². The molecule has 0 radical (unpaired) electrons. The number of aromatic nitrogens is 4. The van der Waals surface area contributed by atoms with Crippen LogP contribution >= 0.6 is 11.3 Å².